The van der Waals surface area contributed by atoms with Crippen LogP contribution in [0.2, 0.25) is 0 Å². The fraction of sp³-hybridized carbons (Fsp3) is 0.304. The van der Waals surface area contributed by atoms with E-state index >= 15 is 0 Å². The Balaban J connectivity index is 0. The van der Waals surface area contributed by atoms with Crippen LogP contribution in [-0.4, -0.2) is 54.9 Å². The number of nitrogens with one attached hydrogen (secondary N) is 1. The molecule has 0 saturated carbocycles. The molecule has 1 saturated heterocycles. The molecule has 1 N–H and O–H groups in total. The Morgan fingerprint density at radius 1 is 1.03 bits per heavy atom. The van der Waals surface area contributed by atoms with Gasteiger partial charge in [0.2, 0.25) is 17.7 Å². The number of carbonyl (C=O) groups excluding carboxylic acids is 4. The van der Waals surface area contributed by atoms with Crippen LogP contribution in [0, 0.1) is 5.92 Å². The zero-order chi connectivity index (χ0) is 24.8. The number of rotatable bonds is 7. The van der Waals surface area contributed by atoms with Crippen molar-refractivity contribution in [3.05, 3.63) is 53.6 Å². The van der Waals surface area contributed by atoms with E-state index in [0.29, 0.717) is 5.69 Å². The zero-order valence-corrected chi connectivity index (χ0v) is 26.3. The third-order valence-electron chi connectivity index (χ3n) is 5.68. The normalized spacial score (nSPS) is 16.0. The minimum absolute atomic E-state index is 0. The summed E-state index contributed by atoms with van der Waals surface area (Å²) in [5.41, 5.74) is 4.74. The number of amides is 3. The summed E-state index contributed by atoms with van der Waals surface area (Å²) in [6, 6.07) is 13.5. The summed E-state index contributed by atoms with van der Waals surface area (Å²) in [5, 5.41) is 2.83. The first-order chi connectivity index (χ1) is 16.2. The van der Waals surface area contributed by atoms with E-state index in [9.17, 15) is 19.2 Å². The maximum Gasteiger partial charge on any atom is 0.425 e. The second-order valence-electron chi connectivity index (χ2n) is 7.83. The van der Waals surface area contributed by atoms with Crippen molar-refractivity contribution in [3.63, 3.8) is 0 Å². The Kier molecular flexibility index (Phi) is 18.2. The van der Waals surface area contributed by atoms with Gasteiger partial charge in [-0.2, -0.15) is 0 Å². The van der Waals surface area contributed by atoms with E-state index in [2.05, 4.69) is 5.32 Å². The minimum atomic E-state index is -3.11. The fourth-order valence-electron chi connectivity index (χ4n) is 4.20. The standard InChI is InChI=1S/C23H21N2O5.O3S.4V/c1-14-10-22(28)25(23(14)29)9-8-21(27)24-15-6-7-18-16-4-2-3-5-17(16)20(12-30-13-26)19(18)11-15;1-4(2)3;;;;/h2-7,11,14,20H,8-10,12H2,1H3,(H,24,27);;;;;/q-1;;;;;. The number of hydrogen-bond acceptors (Lipinski definition) is 8. The molecule has 198 valence electrons. The summed E-state index contributed by atoms with van der Waals surface area (Å²) < 4.78 is 30.2. The van der Waals surface area contributed by atoms with E-state index in [1.165, 1.54) is 6.47 Å². The Morgan fingerprint density at radius 2 is 1.63 bits per heavy atom. The monoisotopic (exact) mass is 689 g/mol. The number of fused-ring (bicyclic) bond motifs is 3. The number of carbonyl (C=O) groups is 3. The third kappa shape index (κ3) is 9.59. The van der Waals surface area contributed by atoms with Crippen LogP contribution in [0.4, 0.5) is 5.69 Å². The molecule has 4 radical (unpaired) electrons. The van der Waals surface area contributed by atoms with Gasteiger partial charge in [-0.3, -0.25) is 19.3 Å². The van der Waals surface area contributed by atoms with Crippen LogP contribution < -0.4 is 5.32 Å². The van der Waals surface area contributed by atoms with E-state index in [0.717, 1.165) is 27.2 Å². The first-order valence-electron chi connectivity index (χ1n) is 10.4. The first-order valence-corrected chi connectivity index (χ1v) is 11.4. The largest absolute Gasteiger partial charge is 0.652 e. The maximum atomic E-state index is 12.4. The Labute approximate surface area is 269 Å². The van der Waals surface area contributed by atoms with Gasteiger partial charge in [0.25, 0.3) is 0 Å². The van der Waals surface area contributed by atoms with Crippen LogP contribution in [0.15, 0.2) is 42.5 Å². The molecule has 1 fully saturated rings. The van der Waals surface area contributed by atoms with Crippen molar-refractivity contribution >= 4 is 40.5 Å². The van der Waals surface area contributed by atoms with Crippen LogP contribution in [-0.2, 0) is 109 Å². The van der Waals surface area contributed by atoms with Gasteiger partial charge in [-0.25, -0.2) is 0 Å². The molecule has 1 aliphatic carbocycles. The SMILES string of the molecule is CC1CC(=O)N(CCC(=O)Nc2ccc3c(c2)C(CO[C-]=O)c2ccccc2-3)C1=O.O=S(=O)=O.[V].[V].[V].[V]. The van der Waals surface area contributed by atoms with Crippen molar-refractivity contribution < 1.29 is 111 Å². The smallest absolute Gasteiger partial charge is 0.425 e. The minimum Gasteiger partial charge on any atom is -0.652 e. The van der Waals surface area contributed by atoms with E-state index < -0.39 is 10.6 Å². The number of nitrogens with zero attached hydrogens (tertiary/aromatic N) is 1. The summed E-state index contributed by atoms with van der Waals surface area (Å²) in [6.07, 6.45) is 0.238. The van der Waals surface area contributed by atoms with Crippen molar-refractivity contribution in [2.45, 2.75) is 25.7 Å². The van der Waals surface area contributed by atoms with Gasteiger partial charge < -0.3 is 14.8 Å². The van der Waals surface area contributed by atoms with Crippen LogP contribution in [0.5, 0.6) is 0 Å². The Hall–Kier alpha value is -1.52. The van der Waals surface area contributed by atoms with Crippen molar-refractivity contribution in [1.29, 1.82) is 0 Å². The average Bonchev–Trinajstić information content (AvgIpc) is 3.22. The molecule has 1 aliphatic heterocycles. The topological polar surface area (TPSA) is 144 Å². The molecular weight excluding hydrogens is 668 g/mol. The molecule has 0 aromatic heterocycles. The van der Waals surface area contributed by atoms with Gasteiger partial charge in [-0.15, -0.1) is 12.6 Å². The number of hydrogen-bond donors (Lipinski definition) is 1. The number of anilines is 1. The molecule has 3 amide bonds. The molecule has 0 spiro atoms. The van der Waals surface area contributed by atoms with Crippen molar-refractivity contribution in [3.8, 4) is 11.1 Å². The molecule has 10 nitrogen and oxygen atoms in total. The number of benzene rings is 2. The number of ether oxygens (including phenoxy) is 1. The summed E-state index contributed by atoms with van der Waals surface area (Å²) in [6.45, 7) is 3.44. The molecule has 2 aromatic rings. The quantitative estimate of drug-likeness (QED) is 0.341. The molecule has 0 bridgehead atoms. The zero-order valence-electron chi connectivity index (χ0n) is 19.9. The van der Waals surface area contributed by atoms with Gasteiger partial charge in [0, 0.05) is 111 Å². The fourth-order valence-corrected chi connectivity index (χ4v) is 4.20. The van der Waals surface area contributed by atoms with Crippen molar-refractivity contribution in [2.75, 3.05) is 18.5 Å². The predicted octanol–water partition coefficient (Wildman–Crippen LogP) is 1.59. The Morgan fingerprint density at radius 3 is 2.21 bits per heavy atom. The molecule has 2 atom stereocenters. The first kappa shape index (κ1) is 38.6. The molecule has 1 heterocycles. The summed E-state index contributed by atoms with van der Waals surface area (Å²) in [7, 11) is -3.11. The molecule has 15 heteroatoms. The molecule has 4 rings (SSSR count). The predicted molar refractivity (Wildman–Crippen MR) is 119 cm³/mol. The molecule has 2 aliphatic rings. The van der Waals surface area contributed by atoms with Crippen LogP contribution in [0.1, 0.15) is 36.8 Å². The number of imide groups is 1. The molecule has 2 aromatic carbocycles. The second-order valence-corrected chi connectivity index (χ2v) is 8.24. The van der Waals surface area contributed by atoms with E-state index in [1.807, 2.05) is 42.5 Å². The third-order valence-corrected chi connectivity index (χ3v) is 5.68. The molecular formula is C23H21N2O8SV4-. The van der Waals surface area contributed by atoms with Crippen LogP contribution >= 0.6 is 0 Å². The van der Waals surface area contributed by atoms with Crippen molar-refractivity contribution in [2.24, 2.45) is 5.92 Å². The van der Waals surface area contributed by atoms with E-state index in [1.54, 1.807) is 6.92 Å². The van der Waals surface area contributed by atoms with Gasteiger partial charge in [0.05, 0.1) is 6.61 Å². The summed E-state index contributed by atoms with van der Waals surface area (Å²) in [5.74, 6) is -1.18. The summed E-state index contributed by atoms with van der Waals surface area (Å²) in [4.78, 5) is 48.0. The summed E-state index contributed by atoms with van der Waals surface area (Å²) >= 11 is 0. The van der Waals surface area contributed by atoms with Gasteiger partial charge in [-0.1, -0.05) is 43.7 Å². The maximum absolute atomic E-state index is 12.4. The van der Waals surface area contributed by atoms with Crippen LogP contribution in [0.3, 0.4) is 0 Å². The Bertz CT molecular complexity index is 1250. The van der Waals surface area contributed by atoms with E-state index in [-0.39, 0.29) is 130 Å². The van der Waals surface area contributed by atoms with Gasteiger partial charge in [-0.05, 0) is 34.4 Å². The van der Waals surface area contributed by atoms with Gasteiger partial charge in [0.15, 0.2) is 0 Å². The second kappa shape index (κ2) is 17.9. The van der Waals surface area contributed by atoms with Crippen molar-refractivity contribution in [1.82, 2.24) is 4.90 Å². The molecule has 2 unspecified atom stereocenters. The van der Waals surface area contributed by atoms with Gasteiger partial charge in [0.1, 0.15) is 0 Å². The molecule has 38 heavy (non-hydrogen) atoms. The van der Waals surface area contributed by atoms with Crippen LogP contribution in [0.25, 0.3) is 11.1 Å². The van der Waals surface area contributed by atoms with Gasteiger partial charge >= 0.3 is 10.6 Å². The average molecular weight is 689 g/mol. The number of likely N-dealkylation sites (tertiary alicyclic amines) is 1. The van der Waals surface area contributed by atoms with E-state index in [4.69, 9.17) is 17.4 Å².